The molecule has 3 aromatic carbocycles. The van der Waals surface area contributed by atoms with E-state index in [1.165, 1.54) is 11.0 Å². The molecule has 1 N–H and O–H groups in total. The van der Waals surface area contributed by atoms with Gasteiger partial charge in [-0.3, -0.25) is 18.7 Å². The Bertz CT molecular complexity index is 1490. The number of fused-ring (bicyclic) bond motifs is 1. The number of carbonyl (C=O) groups excluding carboxylic acids is 1. The Labute approximate surface area is 210 Å². The minimum atomic E-state index is -0.349. The van der Waals surface area contributed by atoms with Crippen molar-refractivity contribution in [2.24, 2.45) is 0 Å². The quantitative estimate of drug-likeness (QED) is 0.436. The van der Waals surface area contributed by atoms with Crippen molar-refractivity contribution < 1.29 is 4.79 Å². The Kier molecular flexibility index (Phi) is 6.85. The molecule has 0 bridgehead atoms. The van der Waals surface area contributed by atoms with Crippen LogP contribution in [0.25, 0.3) is 10.9 Å². The second kappa shape index (κ2) is 10.4. The molecule has 1 aliphatic rings. The number of nitrogens with zero attached hydrogens (tertiary/aromatic N) is 2. The molecular formula is C30H31N3O3. The normalized spacial score (nSPS) is 14.1. The number of benzene rings is 3. The van der Waals surface area contributed by atoms with Gasteiger partial charge in [0.2, 0.25) is 0 Å². The summed E-state index contributed by atoms with van der Waals surface area (Å²) in [7, 11) is 0. The predicted octanol–water partition coefficient (Wildman–Crippen LogP) is 4.63. The van der Waals surface area contributed by atoms with Gasteiger partial charge in [-0.25, -0.2) is 4.79 Å². The molecular weight excluding hydrogens is 450 g/mol. The van der Waals surface area contributed by atoms with Gasteiger partial charge in [-0.15, -0.1) is 0 Å². The van der Waals surface area contributed by atoms with Gasteiger partial charge in [0.05, 0.1) is 24.0 Å². The molecule has 4 aromatic rings. The summed E-state index contributed by atoms with van der Waals surface area (Å²) in [5.41, 5.74) is 3.49. The van der Waals surface area contributed by atoms with Crippen LogP contribution in [-0.4, -0.2) is 21.1 Å². The van der Waals surface area contributed by atoms with E-state index >= 15 is 0 Å². The third-order valence-electron chi connectivity index (χ3n) is 7.09. The van der Waals surface area contributed by atoms with Crippen LogP contribution in [-0.2, 0) is 13.1 Å². The highest BCUT2D eigenvalue weighted by atomic mass is 16.2. The highest BCUT2D eigenvalue weighted by Crippen LogP contribution is 2.18. The molecule has 0 atom stereocenters. The molecule has 0 unspecified atom stereocenters. The SMILES string of the molecule is Cc1ccc(Cn2c(=O)n(Cc3ccc(C(=O)NC4CCCCC4)cc3)c(=O)c3ccccc32)cc1. The Morgan fingerprint density at radius 3 is 2.11 bits per heavy atom. The van der Waals surface area contributed by atoms with Gasteiger partial charge in [-0.2, -0.15) is 0 Å². The summed E-state index contributed by atoms with van der Waals surface area (Å²) < 4.78 is 2.95. The molecule has 1 fully saturated rings. The van der Waals surface area contributed by atoms with E-state index in [0.717, 1.165) is 42.4 Å². The van der Waals surface area contributed by atoms with Gasteiger partial charge in [0.25, 0.3) is 11.5 Å². The van der Waals surface area contributed by atoms with E-state index in [9.17, 15) is 14.4 Å². The lowest BCUT2D eigenvalue weighted by Crippen LogP contribution is -2.40. The van der Waals surface area contributed by atoms with Crippen molar-refractivity contribution in [3.63, 3.8) is 0 Å². The van der Waals surface area contributed by atoms with Gasteiger partial charge < -0.3 is 5.32 Å². The largest absolute Gasteiger partial charge is 0.349 e. The molecule has 0 radical (unpaired) electrons. The first-order valence-electron chi connectivity index (χ1n) is 12.7. The number of aromatic nitrogens is 2. The Morgan fingerprint density at radius 2 is 1.42 bits per heavy atom. The van der Waals surface area contributed by atoms with Crippen LogP contribution in [0.1, 0.15) is 59.2 Å². The second-order valence-corrected chi connectivity index (χ2v) is 9.77. The van der Waals surface area contributed by atoms with E-state index in [2.05, 4.69) is 5.32 Å². The van der Waals surface area contributed by atoms with Crippen molar-refractivity contribution in [2.75, 3.05) is 0 Å². The minimum absolute atomic E-state index is 0.0724. The zero-order valence-corrected chi connectivity index (χ0v) is 20.6. The molecule has 0 aliphatic heterocycles. The van der Waals surface area contributed by atoms with Crippen molar-refractivity contribution in [1.29, 1.82) is 0 Å². The Morgan fingerprint density at radius 1 is 0.806 bits per heavy atom. The highest BCUT2D eigenvalue weighted by molar-refractivity contribution is 5.94. The van der Waals surface area contributed by atoms with Gasteiger partial charge in [-0.1, -0.05) is 73.4 Å². The van der Waals surface area contributed by atoms with Crippen LogP contribution in [0.2, 0.25) is 0 Å². The maximum absolute atomic E-state index is 13.5. The van der Waals surface area contributed by atoms with Crippen molar-refractivity contribution >= 4 is 16.8 Å². The van der Waals surface area contributed by atoms with Crippen molar-refractivity contribution in [3.8, 4) is 0 Å². The second-order valence-electron chi connectivity index (χ2n) is 9.77. The average Bonchev–Trinajstić information content (AvgIpc) is 2.91. The first kappa shape index (κ1) is 23.8. The summed E-state index contributed by atoms with van der Waals surface area (Å²) in [6.07, 6.45) is 5.62. The third kappa shape index (κ3) is 5.03. The molecule has 5 rings (SSSR count). The molecule has 0 saturated heterocycles. The Balaban J connectivity index is 1.43. The number of rotatable bonds is 6. The number of nitrogens with one attached hydrogen (secondary N) is 1. The van der Waals surface area contributed by atoms with Gasteiger partial charge in [-0.05, 0) is 55.2 Å². The molecule has 0 spiro atoms. The van der Waals surface area contributed by atoms with Crippen molar-refractivity contribution in [1.82, 2.24) is 14.5 Å². The predicted molar refractivity (Wildman–Crippen MR) is 143 cm³/mol. The molecule has 6 nitrogen and oxygen atoms in total. The summed E-state index contributed by atoms with van der Waals surface area (Å²) in [5, 5.41) is 3.64. The summed E-state index contributed by atoms with van der Waals surface area (Å²) >= 11 is 0. The summed E-state index contributed by atoms with van der Waals surface area (Å²) in [6, 6.07) is 22.7. The topological polar surface area (TPSA) is 73.1 Å². The Hall–Kier alpha value is -3.93. The minimum Gasteiger partial charge on any atom is -0.349 e. The zero-order chi connectivity index (χ0) is 25.1. The first-order valence-corrected chi connectivity index (χ1v) is 12.7. The van der Waals surface area contributed by atoms with Crippen LogP contribution >= 0.6 is 0 Å². The van der Waals surface area contributed by atoms with Crippen LogP contribution in [0.15, 0.2) is 82.4 Å². The van der Waals surface area contributed by atoms with Crippen LogP contribution in [0.3, 0.4) is 0 Å². The van der Waals surface area contributed by atoms with E-state index in [4.69, 9.17) is 0 Å². The van der Waals surface area contributed by atoms with E-state index in [-0.39, 0.29) is 29.7 Å². The fraction of sp³-hybridized carbons (Fsp3) is 0.300. The van der Waals surface area contributed by atoms with Crippen LogP contribution in [0, 0.1) is 6.92 Å². The van der Waals surface area contributed by atoms with Crippen molar-refractivity contribution in [3.05, 3.63) is 116 Å². The monoisotopic (exact) mass is 481 g/mol. The lowest BCUT2D eigenvalue weighted by molar-refractivity contribution is 0.0927. The molecule has 1 heterocycles. The number of carbonyl (C=O) groups is 1. The standard InChI is InChI=1S/C30H31N3O3/c1-21-11-13-22(14-12-21)19-32-27-10-6-5-9-26(27)29(35)33(30(32)36)20-23-15-17-24(18-16-23)28(34)31-25-7-3-2-4-8-25/h5-6,9-18,25H,2-4,7-8,19-20H2,1H3,(H,31,34). The molecule has 1 aromatic heterocycles. The van der Waals surface area contributed by atoms with E-state index in [1.54, 1.807) is 22.8 Å². The maximum atomic E-state index is 13.5. The molecule has 1 saturated carbocycles. The fourth-order valence-corrected chi connectivity index (χ4v) is 5.00. The lowest BCUT2D eigenvalue weighted by Gasteiger charge is -2.22. The number of para-hydroxylation sites is 1. The third-order valence-corrected chi connectivity index (χ3v) is 7.09. The average molecular weight is 482 g/mol. The van der Waals surface area contributed by atoms with Crippen LogP contribution < -0.4 is 16.6 Å². The maximum Gasteiger partial charge on any atom is 0.332 e. The van der Waals surface area contributed by atoms with E-state index < -0.39 is 0 Å². The summed E-state index contributed by atoms with van der Waals surface area (Å²) in [4.78, 5) is 39.5. The smallest absolute Gasteiger partial charge is 0.332 e. The number of hydrogen-bond acceptors (Lipinski definition) is 3. The lowest BCUT2D eigenvalue weighted by atomic mass is 9.95. The van der Waals surface area contributed by atoms with Crippen molar-refractivity contribution in [2.45, 2.75) is 58.2 Å². The van der Waals surface area contributed by atoms with Crippen LogP contribution in [0.4, 0.5) is 0 Å². The van der Waals surface area contributed by atoms with Gasteiger partial charge in [0, 0.05) is 11.6 Å². The number of aryl methyl sites for hydroxylation is 1. The number of amides is 1. The van der Waals surface area contributed by atoms with Crippen LogP contribution in [0.5, 0.6) is 0 Å². The summed E-state index contributed by atoms with van der Waals surface area (Å²) in [6.45, 7) is 2.54. The zero-order valence-electron chi connectivity index (χ0n) is 20.6. The molecule has 1 aliphatic carbocycles. The molecule has 184 valence electrons. The van der Waals surface area contributed by atoms with Gasteiger partial charge in [0.1, 0.15) is 0 Å². The van der Waals surface area contributed by atoms with E-state index in [1.807, 2.05) is 61.5 Å². The fourth-order valence-electron chi connectivity index (χ4n) is 5.00. The first-order chi connectivity index (χ1) is 17.5. The number of hydrogen-bond donors (Lipinski definition) is 1. The molecule has 1 amide bonds. The molecule has 6 heteroatoms. The van der Waals surface area contributed by atoms with Gasteiger partial charge in [0.15, 0.2) is 0 Å². The summed E-state index contributed by atoms with van der Waals surface area (Å²) in [5.74, 6) is -0.0724. The highest BCUT2D eigenvalue weighted by Gasteiger charge is 2.17. The van der Waals surface area contributed by atoms with E-state index in [0.29, 0.717) is 23.0 Å². The van der Waals surface area contributed by atoms with Gasteiger partial charge >= 0.3 is 5.69 Å². The molecule has 36 heavy (non-hydrogen) atoms.